The van der Waals surface area contributed by atoms with Gasteiger partial charge in [-0.1, -0.05) is 13.8 Å². The van der Waals surface area contributed by atoms with Crippen LogP contribution in [-0.2, 0) is 0 Å². The monoisotopic (exact) mass is 353 g/mol. The van der Waals surface area contributed by atoms with Crippen LogP contribution in [0.2, 0.25) is 0 Å². The first-order valence-electron chi connectivity index (χ1n) is 9.18. The van der Waals surface area contributed by atoms with Gasteiger partial charge >= 0.3 is 0 Å². The van der Waals surface area contributed by atoms with E-state index in [2.05, 4.69) is 18.8 Å². The normalized spacial score (nSPS) is 13.0. The predicted molar refractivity (Wildman–Crippen MR) is 107 cm³/mol. The van der Waals surface area contributed by atoms with Gasteiger partial charge in [0.1, 0.15) is 12.4 Å². The fourth-order valence-corrected chi connectivity index (χ4v) is 3.46. The van der Waals surface area contributed by atoms with Crippen molar-refractivity contribution in [2.75, 3.05) is 6.61 Å². The number of nitrogens with zero attached hydrogens (tertiary/aromatic N) is 2. The number of ether oxygens (including phenoxy) is 1. The van der Waals surface area contributed by atoms with Gasteiger partial charge in [-0.05, 0) is 49.8 Å². The third-order valence-electron chi connectivity index (χ3n) is 4.54. The molecule has 0 amide bonds. The van der Waals surface area contributed by atoms with Crippen LogP contribution >= 0.6 is 0 Å². The topological polar surface area (TPSA) is 70.1 Å². The summed E-state index contributed by atoms with van der Waals surface area (Å²) in [4.78, 5) is 17.1. The van der Waals surface area contributed by atoms with Gasteiger partial charge in [-0.15, -0.1) is 0 Å². The molecule has 0 aliphatic heterocycles. The zero-order valence-corrected chi connectivity index (χ0v) is 15.9. The minimum absolute atomic E-state index is 0.000617. The van der Waals surface area contributed by atoms with Crippen LogP contribution in [0.1, 0.15) is 40.2 Å². The van der Waals surface area contributed by atoms with Crippen molar-refractivity contribution in [2.24, 2.45) is 11.7 Å². The van der Waals surface area contributed by atoms with Gasteiger partial charge in [0.2, 0.25) is 0 Å². The molecule has 5 nitrogen and oxygen atoms in total. The van der Waals surface area contributed by atoms with Crippen LogP contribution in [0.4, 0.5) is 0 Å². The summed E-state index contributed by atoms with van der Waals surface area (Å²) in [5.41, 5.74) is 6.97. The molecule has 0 saturated carbocycles. The van der Waals surface area contributed by atoms with Crippen LogP contribution in [0.25, 0.3) is 21.7 Å². The number of hydrogen-bond donors (Lipinski definition) is 1. The van der Waals surface area contributed by atoms with Crippen molar-refractivity contribution >= 4 is 21.7 Å². The van der Waals surface area contributed by atoms with Crippen LogP contribution < -0.4 is 16.0 Å². The van der Waals surface area contributed by atoms with Crippen molar-refractivity contribution in [2.45, 2.75) is 46.2 Å². The summed E-state index contributed by atoms with van der Waals surface area (Å²) >= 11 is 0. The summed E-state index contributed by atoms with van der Waals surface area (Å²) in [7, 11) is 0. The van der Waals surface area contributed by atoms with E-state index in [1.54, 1.807) is 17.0 Å². The van der Waals surface area contributed by atoms with Crippen LogP contribution in [-0.4, -0.2) is 22.2 Å². The molecule has 1 aromatic carbocycles. The highest BCUT2D eigenvalue weighted by Gasteiger charge is 2.14. The van der Waals surface area contributed by atoms with Crippen LogP contribution in [0.3, 0.4) is 0 Å². The standard InChI is InChI=1S/C21H27N3O2/c1-13(2)9-15(22)12-26-16-5-6-18-17-7-8-23-11-19(17)21(25)24(14(3)4)20(18)10-16/h5-8,10-11,13-15H,9,12,22H2,1-4H3. The van der Waals surface area contributed by atoms with Gasteiger partial charge < -0.3 is 15.0 Å². The molecule has 1 atom stereocenters. The Morgan fingerprint density at radius 2 is 1.88 bits per heavy atom. The third kappa shape index (κ3) is 3.58. The molecule has 0 radical (unpaired) electrons. The van der Waals surface area contributed by atoms with Gasteiger partial charge in [0.15, 0.2) is 0 Å². The van der Waals surface area contributed by atoms with Crippen LogP contribution in [0, 0.1) is 5.92 Å². The molecule has 0 aliphatic carbocycles. The summed E-state index contributed by atoms with van der Waals surface area (Å²) in [6.07, 6.45) is 4.28. The van der Waals surface area contributed by atoms with Gasteiger partial charge in [-0.25, -0.2) is 0 Å². The van der Waals surface area contributed by atoms with Gasteiger partial charge in [0, 0.05) is 35.9 Å². The Morgan fingerprint density at radius 3 is 2.58 bits per heavy atom. The lowest BCUT2D eigenvalue weighted by molar-refractivity contribution is 0.271. The van der Waals surface area contributed by atoms with E-state index >= 15 is 0 Å². The zero-order chi connectivity index (χ0) is 18.8. The Morgan fingerprint density at radius 1 is 1.12 bits per heavy atom. The van der Waals surface area contributed by atoms with Gasteiger partial charge in [0.05, 0.1) is 10.9 Å². The van der Waals surface area contributed by atoms with E-state index < -0.39 is 0 Å². The number of fused-ring (bicyclic) bond motifs is 3. The largest absolute Gasteiger partial charge is 0.492 e. The summed E-state index contributed by atoms with van der Waals surface area (Å²) in [6.45, 7) is 8.78. The summed E-state index contributed by atoms with van der Waals surface area (Å²) in [5, 5.41) is 2.58. The van der Waals surface area contributed by atoms with Crippen molar-refractivity contribution < 1.29 is 4.74 Å². The first-order valence-corrected chi connectivity index (χ1v) is 9.18. The molecule has 138 valence electrons. The SMILES string of the molecule is CC(C)CC(N)COc1ccc2c3ccncc3c(=O)n(C(C)C)c2c1. The summed E-state index contributed by atoms with van der Waals surface area (Å²) < 4.78 is 7.72. The van der Waals surface area contributed by atoms with E-state index in [-0.39, 0.29) is 17.6 Å². The maximum absolute atomic E-state index is 12.9. The molecular weight excluding hydrogens is 326 g/mol. The highest BCUT2D eigenvalue weighted by Crippen LogP contribution is 2.27. The van der Waals surface area contributed by atoms with E-state index in [1.807, 2.05) is 38.1 Å². The molecule has 3 aromatic rings. The second kappa shape index (κ2) is 7.46. The fourth-order valence-electron chi connectivity index (χ4n) is 3.46. The Kier molecular flexibility index (Phi) is 5.28. The molecule has 26 heavy (non-hydrogen) atoms. The second-order valence-electron chi connectivity index (χ2n) is 7.57. The molecule has 3 rings (SSSR count). The fraction of sp³-hybridized carbons (Fsp3) is 0.429. The number of aromatic nitrogens is 2. The molecule has 0 bridgehead atoms. The Labute approximate surface area is 153 Å². The molecule has 0 saturated heterocycles. The van der Waals surface area contributed by atoms with E-state index in [9.17, 15) is 4.79 Å². The first-order chi connectivity index (χ1) is 12.4. The zero-order valence-electron chi connectivity index (χ0n) is 15.9. The number of hydrogen-bond acceptors (Lipinski definition) is 4. The van der Waals surface area contributed by atoms with Crippen molar-refractivity contribution in [1.82, 2.24) is 9.55 Å². The van der Waals surface area contributed by atoms with Gasteiger partial charge in [0.25, 0.3) is 5.56 Å². The summed E-state index contributed by atoms with van der Waals surface area (Å²) in [6, 6.07) is 7.83. The van der Waals surface area contributed by atoms with Crippen molar-refractivity contribution in [3.05, 3.63) is 47.0 Å². The minimum atomic E-state index is -0.0238. The lowest BCUT2D eigenvalue weighted by atomic mass is 10.1. The molecule has 2 aromatic heterocycles. The van der Waals surface area contributed by atoms with E-state index in [1.165, 1.54) is 0 Å². The highest BCUT2D eigenvalue weighted by atomic mass is 16.5. The molecule has 0 spiro atoms. The summed E-state index contributed by atoms with van der Waals surface area (Å²) in [5.74, 6) is 1.27. The van der Waals surface area contributed by atoms with E-state index in [0.29, 0.717) is 17.9 Å². The lowest BCUT2D eigenvalue weighted by Crippen LogP contribution is -2.29. The van der Waals surface area contributed by atoms with E-state index in [4.69, 9.17) is 10.5 Å². The van der Waals surface area contributed by atoms with Crippen molar-refractivity contribution in [1.29, 1.82) is 0 Å². The molecule has 1 unspecified atom stereocenters. The van der Waals surface area contributed by atoms with E-state index in [0.717, 1.165) is 28.5 Å². The highest BCUT2D eigenvalue weighted by molar-refractivity contribution is 6.05. The Bertz CT molecular complexity index is 976. The number of benzene rings is 1. The number of pyridine rings is 2. The van der Waals surface area contributed by atoms with Crippen molar-refractivity contribution in [3.8, 4) is 5.75 Å². The molecule has 2 heterocycles. The van der Waals surface area contributed by atoms with Gasteiger partial charge in [-0.2, -0.15) is 0 Å². The molecule has 0 aliphatic rings. The molecule has 0 fully saturated rings. The third-order valence-corrected chi connectivity index (χ3v) is 4.54. The van der Waals surface area contributed by atoms with Crippen molar-refractivity contribution in [3.63, 3.8) is 0 Å². The minimum Gasteiger partial charge on any atom is -0.492 e. The Balaban J connectivity index is 2.07. The first kappa shape index (κ1) is 18.4. The number of nitrogens with two attached hydrogens (primary N) is 1. The molecular formula is C21H27N3O2. The van der Waals surface area contributed by atoms with Crippen LogP contribution in [0.15, 0.2) is 41.5 Å². The smallest absolute Gasteiger partial charge is 0.260 e. The second-order valence-corrected chi connectivity index (χ2v) is 7.57. The maximum Gasteiger partial charge on any atom is 0.260 e. The molecule has 5 heteroatoms. The lowest BCUT2D eigenvalue weighted by Gasteiger charge is -2.18. The average Bonchev–Trinajstić information content (AvgIpc) is 2.59. The predicted octanol–water partition coefficient (Wildman–Crippen LogP) is 3.88. The van der Waals surface area contributed by atoms with Crippen LogP contribution in [0.5, 0.6) is 5.75 Å². The van der Waals surface area contributed by atoms with Gasteiger partial charge in [-0.3, -0.25) is 9.78 Å². The Hall–Kier alpha value is -2.40. The number of rotatable bonds is 6. The maximum atomic E-state index is 12.9. The molecule has 2 N–H and O–H groups in total. The quantitative estimate of drug-likeness (QED) is 0.683. The average molecular weight is 353 g/mol.